The molecule has 1 aromatic heterocycles. The number of urea groups is 1. The SMILES string of the molecule is O=C(Nc1ccc2cc1CCc1cccc(c1)Nc1ncc(Cl)c(n1)N2)[C@@H]1CCN(C(=O)Nc2ccccc2)C1.O=C(O)C(F)(F)F. The number of fused-ring (bicyclic) bond motifs is 6. The van der Waals surface area contributed by atoms with E-state index < -0.39 is 12.1 Å². The van der Waals surface area contributed by atoms with Gasteiger partial charge in [-0.05, 0) is 72.9 Å². The number of aryl methyl sites for hydroxylation is 2. The maximum atomic E-state index is 13.3. The maximum absolute atomic E-state index is 13.3. The third-order valence-electron chi connectivity index (χ3n) is 7.35. The van der Waals surface area contributed by atoms with Gasteiger partial charge >= 0.3 is 18.2 Å². The van der Waals surface area contributed by atoms with Crippen LogP contribution in [0, 0.1) is 5.92 Å². The van der Waals surface area contributed by atoms with Crippen molar-refractivity contribution >= 4 is 64.0 Å². The molecule has 3 heterocycles. The molecule has 1 fully saturated rings. The summed E-state index contributed by atoms with van der Waals surface area (Å²) in [7, 11) is 0. The van der Waals surface area contributed by atoms with Crippen molar-refractivity contribution < 1.29 is 32.7 Å². The number of carboxylic acid groups (broad SMARTS) is 1. The van der Waals surface area contributed by atoms with E-state index >= 15 is 0 Å². The van der Waals surface area contributed by atoms with Crippen LogP contribution in [0.3, 0.4) is 0 Å². The van der Waals surface area contributed by atoms with Gasteiger partial charge in [-0.3, -0.25) is 4.79 Å². The van der Waals surface area contributed by atoms with Gasteiger partial charge in [0.2, 0.25) is 11.9 Å². The number of rotatable bonds is 3. The Bertz CT molecular complexity index is 1780. The summed E-state index contributed by atoms with van der Waals surface area (Å²) in [6.07, 6.45) is -1.43. The summed E-state index contributed by atoms with van der Waals surface area (Å²) in [6, 6.07) is 23.0. The zero-order valence-corrected chi connectivity index (χ0v) is 25.4. The second-order valence-corrected chi connectivity index (χ2v) is 11.1. The van der Waals surface area contributed by atoms with E-state index in [0.717, 1.165) is 40.3 Å². The molecule has 0 spiro atoms. The van der Waals surface area contributed by atoms with Crippen molar-refractivity contribution in [1.29, 1.82) is 0 Å². The quantitative estimate of drug-likeness (QED) is 0.159. The first kappa shape index (κ1) is 33.0. The highest BCUT2D eigenvalue weighted by atomic mass is 35.5. The molecule has 5 N–H and O–H groups in total. The molecule has 15 heteroatoms. The molecule has 1 saturated heterocycles. The topological polar surface area (TPSA) is 149 Å². The monoisotopic (exact) mass is 667 g/mol. The fourth-order valence-corrected chi connectivity index (χ4v) is 5.12. The molecular formula is C32H29ClF3N7O4. The molecule has 3 amide bonds. The van der Waals surface area contributed by atoms with Gasteiger partial charge in [0, 0.05) is 35.8 Å². The second-order valence-electron chi connectivity index (χ2n) is 10.7. The Balaban J connectivity index is 0.000000559. The first-order chi connectivity index (χ1) is 22.4. The summed E-state index contributed by atoms with van der Waals surface area (Å²) in [5.41, 5.74) is 5.29. The number of carbonyl (C=O) groups is 3. The Morgan fingerprint density at radius 2 is 1.68 bits per heavy atom. The van der Waals surface area contributed by atoms with E-state index in [2.05, 4.69) is 43.4 Å². The van der Waals surface area contributed by atoms with E-state index in [-0.39, 0.29) is 17.9 Å². The molecule has 0 unspecified atom stereocenters. The summed E-state index contributed by atoms with van der Waals surface area (Å²) in [6.45, 7) is 0.895. The van der Waals surface area contributed by atoms with Crippen molar-refractivity contribution in [3.8, 4) is 0 Å². The second kappa shape index (κ2) is 14.4. The average Bonchev–Trinajstić information content (AvgIpc) is 3.54. The minimum absolute atomic E-state index is 0.0930. The number of carboxylic acids is 1. The first-order valence-corrected chi connectivity index (χ1v) is 14.8. The van der Waals surface area contributed by atoms with Gasteiger partial charge in [-0.1, -0.05) is 41.9 Å². The number of hydrogen-bond acceptors (Lipinski definition) is 7. The number of nitrogens with one attached hydrogen (secondary N) is 4. The number of para-hydroxylation sites is 1. The van der Waals surface area contributed by atoms with Crippen molar-refractivity contribution in [2.45, 2.75) is 25.4 Å². The number of benzene rings is 3. The normalized spacial score (nSPS) is 15.2. The van der Waals surface area contributed by atoms with Crippen molar-refractivity contribution in [1.82, 2.24) is 14.9 Å². The van der Waals surface area contributed by atoms with Gasteiger partial charge in [0.1, 0.15) is 5.02 Å². The molecule has 6 bridgehead atoms. The van der Waals surface area contributed by atoms with Crippen molar-refractivity contribution in [2.24, 2.45) is 5.92 Å². The molecule has 11 nitrogen and oxygen atoms in total. The summed E-state index contributed by atoms with van der Waals surface area (Å²) in [5, 5.41) is 20.1. The molecule has 244 valence electrons. The summed E-state index contributed by atoms with van der Waals surface area (Å²) >= 11 is 6.38. The fraction of sp³-hybridized carbons (Fsp3) is 0.219. The van der Waals surface area contributed by atoms with Crippen LogP contribution in [0.25, 0.3) is 0 Å². The molecular weight excluding hydrogens is 639 g/mol. The lowest BCUT2D eigenvalue weighted by molar-refractivity contribution is -0.192. The van der Waals surface area contributed by atoms with Crippen LogP contribution in [-0.4, -0.2) is 57.1 Å². The van der Waals surface area contributed by atoms with Crippen molar-refractivity contribution in [3.63, 3.8) is 0 Å². The maximum Gasteiger partial charge on any atom is 0.490 e. The van der Waals surface area contributed by atoms with Crippen LogP contribution in [0.4, 0.5) is 52.5 Å². The molecule has 1 atom stereocenters. The van der Waals surface area contributed by atoms with Crippen molar-refractivity contribution in [2.75, 3.05) is 34.4 Å². The minimum atomic E-state index is -5.08. The molecule has 3 aromatic carbocycles. The molecule has 0 radical (unpaired) electrons. The van der Waals surface area contributed by atoms with E-state index in [1.54, 1.807) is 11.1 Å². The zero-order valence-electron chi connectivity index (χ0n) is 24.6. The first-order valence-electron chi connectivity index (χ1n) is 14.4. The molecule has 4 aromatic rings. The Labute approximate surface area is 272 Å². The highest BCUT2D eigenvalue weighted by Crippen LogP contribution is 2.30. The van der Waals surface area contributed by atoms with Crippen LogP contribution in [0.1, 0.15) is 17.5 Å². The molecule has 0 saturated carbocycles. The lowest BCUT2D eigenvalue weighted by atomic mass is 10.0. The van der Waals surface area contributed by atoms with E-state index in [9.17, 15) is 22.8 Å². The number of alkyl halides is 3. The number of carbonyl (C=O) groups excluding carboxylic acids is 2. The third kappa shape index (κ3) is 8.88. The van der Waals surface area contributed by atoms with Crippen molar-refractivity contribution in [3.05, 3.63) is 95.1 Å². The van der Waals surface area contributed by atoms with Gasteiger partial charge in [-0.15, -0.1) is 0 Å². The van der Waals surface area contributed by atoms with Gasteiger partial charge in [0.15, 0.2) is 5.82 Å². The van der Waals surface area contributed by atoms with E-state index in [1.165, 1.54) is 0 Å². The van der Waals surface area contributed by atoms with Crippen LogP contribution >= 0.6 is 11.6 Å². The Morgan fingerprint density at radius 3 is 2.43 bits per heavy atom. The fourth-order valence-electron chi connectivity index (χ4n) is 4.98. The number of nitrogens with zero attached hydrogens (tertiary/aromatic N) is 3. The minimum Gasteiger partial charge on any atom is -0.475 e. The molecule has 47 heavy (non-hydrogen) atoms. The summed E-state index contributed by atoms with van der Waals surface area (Å²) in [4.78, 5) is 45.4. The van der Waals surface area contributed by atoms with Crippen LogP contribution < -0.4 is 21.3 Å². The standard InChI is InChI=1S/C30H28ClN7O2.C2HF3O2/c31-25-17-32-29-34-23-8-4-5-19(15-23)9-10-20-16-24(33-27(25)37-29)11-12-26(20)36-28(39)21-13-14-38(18-21)30(40)35-22-6-2-1-3-7-22;3-2(4,5)1(6)7/h1-8,11-12,15-17,21H,9-10,13-14,18H2,(H,35,40)(H,36,39)(H2,32,33,34,37);(H,6,7)/t21-;/m1./s1. The Hall–Kier alpha value is -5.37. The van der Waals surface area contributed by atoms with Gasteiger partial charge in [-0.25, -0.2) is 14.6 Å². The van der Waals surface area contributed by atoms with Crippen LogP contribution in [0.5, 0.6) is 0 Å². The van der Waals surface area contributed by atoms with Crippen LogP contribution in [-0.2, 0) is 22.4 Å². The van der Waals surface area contributed by atoms with E-state index in [4.69, 9.17) is 21.5 Å². The highest BCUT2D eigenvalue weighted by molar-refractivity contribution is 6.32. The highest BCUT2D eigenvalue weighted by Gasteiger charge is 2.38. The summed E-state index contributed by atoms with van der Waals surface area (Å²) < 4.78 is 31.7. The number of aliphatic carboxylic acids is 1. The van der Waals surface area contributed by atoms with Crippen LogP contribution in [0.2, 0.25) is 5.02 Å². The predicted molar refractivity (Wildman–Crippen MR) is 171 cm³/mol. The largest absolute Gasteiger partial charge is 0.490 e. The average molecular weight is 668 g/mol. The number of hydrogen-bond donors (Lipinski definition) is 5. The van der Waals surface area contributed by atoms with Gasteiger partial charge < -0.3 is 31.3 Å². The lowest BCUT2D eigenvalue weighted by Crippen LogP contribution is -2.34. The Morgan fingerprint density at radius 1 is 0.936 bits per heavy atom. The number of aromatic nitrogens is 2. The van der Waals surface area contributed by atoms with Crippen LogP contribution in [0.15, 0.2) is 79.0 Å². The molecule has 2 aliphatic heterocycles. The summed E-state index contributed by atoms with van der Waals surface area (Å²) in [5.74, 6) is -2.22. The smallest absolute Gasteiger partial charge is 0.475 e. The zero-order chi connectivity index (χ0) is 33.6. The third-order valence-corrected chi connectivity index (χ3v) is 7.63. The molecule has 0 aliphatic carbocycles. The molecule has 2 aliphatic rings. The Kier molecular flexibility index (Phi) is 10.1. The number of amides is 3. The number of anilines is 6. The number of likely N-dealkylation sites (tertiary alicyclic amines) is 1. The van der Waals surface area contributed by atoms with Gasteiger partial charge in [0.25, 0.3) is 0 Å². The number of halogens is 4. The van der Waals surface area contributed by atoms with Gasteiger partial charge in [0.05, 0.1) is 12.1 Å². The molecule has 6 rings (SSSR count). The van der Waals surface area contributed by atoms with E-state index in [0.29, 0.717) is 42.7 Å². The van der Waals surface area contributed by atoms with E-state index in [1.807, 2.05) is 60.7 Å². The predicted octanol–water partition coefficient (Wildman–Crippen LogP) is 6.84. The van der Waals surface area contributed by atoms with Gasteiger partial charge in [-0.2, -0.15) is 18.2 Å². The lowest BCUT2D eigenvalue weighted by Gasteiger charge is -2.18.